The fourth-order valence-corrected chi connectivity index (χ4v) is 0.888. The highest BCUT2D eigenvalue weighted by Gasteiger charge is 2.33. The number of carbonyl (C=O) groups excluding carboxylic acids is 3. The summed E-state index contributed by atoms with van der Waals surface area (Å²) in [7, 11) is 1.06. The van der Waals surface area contributed by atoms with Crippen LogP contribution in [-0.4, -0.2) is 25.0 Å². The second-order valence-corrected chi connectivity index (χ2v) is 3.14. The van der Waals surface area contributed by atoms with Gasteiger partial charge in [-0.2, -0.15) is 0 Å². The molecule has 6 heteroatoms. The standard InChI is InChI=1S/C9H12O6/c1-5(7(11)12)9(2,8(13)14)4-6(10)15-3/h1,4H2,2-3H3,(H,11,12)(H,13,14)/p-2. The zero-order valence-electron chi connectivity index (χ0n) is 8.36. The summed E-state index contributed by atoms with van der Waals surface area (Å²) in [5, 5.41) is 21.2. The smallest absolute Gasteiger partial charge is 0.306 e. The third kappa shape index (κ3) is 2.80. The van der Waals surface area contributed by atoms with Crippen molar-refractivity contribution in [1.29, 1.82) is 0 Å². The molecule has 0 N–H and O–H groups in total. The molecule has 0 saturated heterocycles. The Morgan fingerprint density at radius 1 is 1.33 bits per heavy atom. The molecule has 6 nitrogen and oxygen atoms in total. The number of carboxylic acid groups (broad SMARTS) is 2. The van der Waals surface area contributed by atoms with E-state index in [1.807, 2.05) is 0 Å². The molecule has 0 aromatic rings. The van der Waals surface area contributed by atoms with E-state index in [2.05, 4.69) is 11.3 Å². The molecule has 0 fully saturated rings. The predicted octanol–water partition coefficient (Wildman–Crippen LogP) is -2.39. The maximum Gasteiger partial charge on any atom is 0.306 e. The quantitative estimate of drug-likeness (QED) is 0.373. The molecular weight excluding hydrogens is 204 g/mol. The van der Waals surface area contributed by atoms with Crippen molar-refractivity contribution in [3.63, 3.8) is 0 Å². The van der Waals surface area contributed by atoms with Crippen LogP contribution in [0, 0.1) is 5.41 Å². The van der Waals surface area contributed by atoms with Crippen molar-refractivity contribution in [2.45, 2.75) is 13.3 Å². The Hall–Kier alpha value is -1.85. The van der Waals surface area contributed by atoms with Crippen LogP contribution in [0.25, 0.3) is 0 Å². The first-order chi connectivity index (χ1) is 6.75. The molecule has 0 aliphatic heterocycles. The number of rotatable bonds is 5. The van der Waals surface area contributed by atoms with Crippen LogP contribution < -0.4 is 10.2 Å². The molecule has 0 radical (unpaired) electrons. The molecule has 1 atom stereocenters. The van der Waals surface area contributed by atoms with Crippen LogP contribution in [-0.2, 0) is 19.1 Å². The lowest BCUT2D eigenvalue weighted by Crippen LogP contribution is -2.47. The number of hydrogen-bond acceptors (Lipinski definition) is 6. The van der Waals surface area contributed by atoms with Crippen LogP contribution >= 0.6 is 0 Å². The molecule has 0 bridgehead atoms. The van der Waals surface area contributed by atoms with Gasteiger partial charge in [-0.05, 0) is 12.5 Å². The SMILES string of the molecule is C=C(C(=O)[O-])C(C)(CC(=O)OC)C(=O)[O-]. The van der Waals surface area contributed by atoms with Crippen LogP contribution in [0.5, 0.6) is 0 Å². The Bertz CT molecular complexity index is 319. The van der Waals surface area contributed by atoms with E-state index in [0.717, 1.165) is 14.0 Å². The Morgan fingerprint density at radius 3 is 2.07 bits per heavy atom. The highest BCUT2D eigenvalue weighted by Crippen LogP contribution is 2.29. The van der Waals surface area contributed by atoms with Crippen molar-refractivity contribution in [2.75, 3.05) is 7.11 Å². The molecule has 0 aromatic carbocycles. The van der Waals surface area contributed by atoms with E-state index >= 15 is 0 Å². The second kappa shape index (κ2) is 4.59. The molecule has 0 aromatic heterocycles. The van der Waals surface area contributed by atoms with Gasteiger partial charge in [-0.25, -0.2) is 0 Å². The highest BCUT2D eigenvalue weighted by atomic mass is 16.5. The van der Waals surface area contributed by atoms with Crippen molar-refractivity contribution in [1.82, 2.24) is 0 Å². The van der Waals surface area contributed by atoms with Gasteiger partial charge in [-0.15, -0.1) is 0 Å². The van der Waals surface area contributed by atoms with Crippen LogP contribution in [0.1, 0.15) is 13.3 Å². The number of ether oxygens (including phenoxy) is 1. The lowest BCUT2D eigenvalue weighted by Gasteiger charge is -2.32. The van der Waals surface area contributed by atoms with Gasteiger partial charge in [0.25, 0.3) is 0 Å². The summed E-state index contributed by atoms with van der Waals surface area (Å²) in [4.78, 5) is 32.1. The predicted molar refractivity (Wildman–Crippen MR) is 43.9 cm³/mol. The molecule has 15 heavy (non-hydrogen) atoms. The van der Waals surface area contributed by atoms with Gasteiger partial charge in [-0.3, -0.25) is 4.79 Å². The van der Waals surface area contributed by atoms with E-state index in [-0.39, 0.29) is 0 Å². The normalized spacial score (nSPS) is 13.7. The van der Waals surface area contributed by atoms with Crippen LogP contribution in [0.4, 0.5) is 0 Å². The summed E-state index contributed by atoms with van der Waals surface area (Å²) in [5.41, 5.74) is -2.75. The van der Waals surface area contributed by atoms with Gasteiger partial charge in [0.05, 0.1) is 25.5 Å². The van der Waals surface area contributed by atoms with E-state index in [1.54, 1.807) is 0 Å². The third-order valence-electron chi connectivity index (χ3n) is 2.09. The Morgan fingerprint density at radius 2 is 1.80 bits per heavy atom. The van der Waals surface area contributed by atoms with Crippen LogP contribution in [0.15, 0.2) is 12.2 Å². The fraction of sp³-hybridized carbons (Fsp3) is 0.444. The summed E-state index contributed by atoms with van der Waals surface area (Å²) >= 11 is 0. The van der Waals surface area contributed by atoms with Gasteiger partial charge in [0.2, 0.25) is 0 Å². The Kier molecular flexibility index (Phi) is 4.02. The van der Waals surface area contributed by atoms with Gasteiger partial charge >= 0.3 is 5.97 Å². The van der Waals surface area contributed by atoms with Crippen molar-refractivity contribution in [3.05, 3.63) is 12.2 Å². The maximum absolute atomic E-state index is 10.9. The summed E-state index contributed by atoms with van der Waals surface area (Å²) in [6.07, 6.45) is -0.668. The largest absolute Gasteiger partial charge is 0.549 e. The minimum atomic E-state index is -2.02. The van der Waals surface area contributed by atoms with Gasteiger partial charge in [0, 0.05) is 5.41 Å². The number of hydrogen-bond donors (Lipinski definition) is 0. The molecule has 0 heterocycles. The zero-order chi connectivity index (χ0) is 12.2. The molecular formula is C9H10O6-2. The topological polar surface area (TPSA) is 107 Å². The summed E-state index contributed by atoms with van der Waals surface area (Å²) in [6.45, 7) is 4.06. The van der Waals surface area contributed by atoms with Crippen molar-refractivity contribution in [3.8, 4) is 0 Å². The van der Waals surface area contributed by atoms with Crippen molar-refractivity contribution >= 4 is 17.9 Å². The zero-order valence-corrected chi connectivity index (χ0v) is 8.36. The monoisotopic (exact) mass is 214 g/mol. The first kappa shape index (κ1) is 13.2. The van der Waals surface area contributed by atoms with Crippen LogP contribution in [0.2, 0.25) is 0 Å². The Labute approximate surface area is 86.2 Å². The molecule has 0 spiro atoms. The molecule has 0 rings (SSSR count). The summed E-state index contributed by atoms with van der Waals surface area (Å²) in [5.74, 6) is -4.34. The number of methoxy groups -OCH3 is 1. The van der Waals surface area contributed by atoms with Gasteiger partial charge in [0.1, 0.15) is 0 Å². The van der Waals surface area contributed by atoms with E-state index in [4.69, 9.17) is 0 Å². The van der Waals surface area contributed by atoms with Gasteiger partial charge in [-0.1, -0.05) is 6.58 Å². The maximum atomic E-state index is 10.9. The number of esters is 1. The molecule has 0 amide bonds. The first-order valence-corrected chi connectivity index (χ1v) is 3.94. The van der Waals surface area contributed by atoms with E-state index in [1.165, 1.54) is 0 Å². The number of aliphatic carboxylic acids is 2. The van der Waals surface area contributed by atoms with Crippen molar-refractivity contribution in [2.24, 2.45) is 5.41 Å². The second-order valence-electron chi connectivity index (χ2n) is 3.14. The Balaban J connectivity index is 5.07. The van der Waals surface area contributed by atoms with Gasteiger partial charge in [0.15, 0.2) is 0 Å². The van der Waals surface area contributed by atoms with Crippen molar-refractivity contribution < 1.29 is 29.3 Å². The number of carbonyl (C=O) groups is 3. The average molecular weight is 214 g/mol. The average Bonchev–Trinajstić information content (AvgIpc) is 2.15. The summed E-state index contributed by atoms with van der Waals surface area (Å²) in [6, 6.07) is 0. The molecule has 84 valence electrons. The van der Waals surface area contributed by atoms with Gasteiger partial charge < -0.3 is 24.5 Å². The number of carboxylic acids is 2. The molecule has 0 aliphatic carbocycles. The summed E-state index contributed by atoms with van der Waals surface area (Å²) < 4.78 is 4.24. The van der Waals surface area contributed by atoms with Crippen LogP contribution in [0.3, 0.4) is 0 Å². The fourth-order valence-electron chi connectivity index (χ4n) is 0.888. The molecule has 0 aliphatic rings. The van der Waals surface area contributed by atoms with E-state index in [0.29, 0.717) is 0 Å². The lowest BCUT2D eigenvalue weighted by molar-refractivity contribution is -0.321. The van der Waals surface area contributed by atoms with E-state index < -0.39 is 35.3 Å². The highest BCUT2D eigenvalue weighted by molar-refractivity contribution is 5.96. The molecule has 0 saturated carbocycles. The van der Waals surface area contributed by atoms with E-state index in [9.17, 15) is 24.6 Å². The first-order valence-electron chi connectivity index (χ1n) is 3.94. The lowest BCUT2D eigenvalue weighted by atomic mass is 9.80. The third-order valence-corrected chi connectivity index (χ3v) is 2.09. The molecule has 1 unspecified atom stereocenters. The minimum Gasteiger partial charge on any atom is -0.549 e. The minimum absolute atomic E-state index is 0.668.